The molecule has 114 valence electrons. The molecule has 2 unspecified atom stereocenters. The third kappa shape index (κ3) is 3.67. The lowest BCUT2D eigenvalue weighted by atomic mass is 10.2. The summed E-state index contributed by atoms with van der Waals surface area (Å²) in [6, 6.07) is 2.10. The summed E-state index contributed by atoms with van der Waals surface area (Å²) >= 11 is 2.89. The van der Waals surface area contributed by atoms with E-state index < -0.39 is 22.8 Å². The van der Waals surface area contributed by atoms with E-state index in [4.69, 9.17) is 9.84 Å². The van der Waals surface area contributed by atoms with Gasteiger partial charge in [0.25, 0.3) is 5.69 Å². The summed E-state index contributed by atoms with van der Waals surface area (Å²) in [6.07, 6.45) is -0.319. The second-order valence-electron chi connectivity index (χ2n) is 4.58. The van der Waals surface area contributed by atoms with E-state index in [1.807, 2.05) is 0 Å². The molecule has 1 aromatic rings. The van der Waals surface area contributed by atoms with Crippen LogP contribution in [0.15, 0.2) is 16.6 Å². The molecule has 21 heavy (non-hydrogen) atoms. The Balaban J connectivity index is 2.05. The summed E-state index contributed by atoms with van der Waals surface area (Å²) in [6.45, 7) is 0.172. The molecule has 2 atom stereocenters. The molecule has 1 aliphatic heterocycles. The van der Waals surface area contributed by atoms with Crippen LogP contribution in [0.2, 0.25) is 0 Å². The van der Waals surface area contributed by atoms with Crippen LogP contribution in [0.4, 0.5) is 15.8 Å². The van der Waals surface area contributed by atoms with Crippen LogP contribution in [0.5, 0.6) is 0 Å². The number of rotatable bonds is 5. The van der Waals surface area contributed by atoms with E-state index in [1.54, 1.807) is 0 Å². The fourth-order valence-corrected chi connectivity index (χ4v) is 2.42. The van der Waals surface area contributed by atoms with Gasteiger partial charge >= 0.3 is 5.97 Å². The first kappa shape index (κ1) is 15.6. The van der Waals surface area contributed by atoms with Gasteiger partial charge in [0.15, 0.2) is 6.10 Å². The number of nitrogens with zero attached hydrogens (tertiary/aromatic N) is 1. The van der Waals surface area contributed by atoms with Crippen LogP contribution < -0.4 is 5.32 Å². The van der Waals surface area contributed by atoms with Crippen molar-refractivity contribution in [3.8, 4) is 0 Å². The molecule has 0 spiro atoms. The third-order valence-electron chi connectivity index (χ3n) is 3.14. The number of anilines is 1. The van der Waals surface area contributed by atoms with Crippen molar-refractivity contribution in [2.75, 3.05) is 11.9 Å². The average Bonchev–Trinajstić information content (AvgIpc) is 2.88. The number of nitro benzene ring substituents is 1. The summed E-state index contributed by atoms with van der Waals surface area (Å²) in [5.74, 6) is -1.66. The standard InChI is InChI=1S/C12H12BrFN2O5/c13-7-3-10(16(19)20)9(4-8(7)14)15-5-6-1-2-11(21-6)12(17)18/h3-4,6,11,15H,1-2,5H2,(H,17,18). The Hall–Kier alpha value is -1.74. The predicted molar refractivity (Wildman–Crippen MR) is 74.8 cm³/mol. The van der Waals surface area contributed by atoms with Crippen LogP contribution in [0.3, 0.4) is 0 Å². The lowest BCUT2D eigenvalue weighted by molar-refractivity contribution is -0.384. The average molecular weight is 363 g/mol. The molecule has 0 saturated carbocycles. The van der Waals surface area contributed by atoms with Crippen LogP contribution in [0.25, 0.3) is 0 Å². The topological polar surface area (TPSA) is 102 Å². The minimum absolute atomic E-state index is 0.00260. The van der Waals surface area contributed by atoms with Gasteiger partial charge in [0.2, 0.25) is 0 Å². The summed E-state index contributed by atoms with van der Waals surface area (Å²) in [7, 11) is 0. The molecule has 0 bridgehead atoms. The predicted octanol–water partition coefficient (Wildman–Crippen LogP) is 2.54. The maximum absolute atomic E-state index is 13.5. The summed E-state index contributed by atoms with van der Waals surface area (Å²) in [5.41, 5.74) is -0.237. The molecule has 0 aliphatic carbocycles. The molecule has 7 nitrogen and oxygen atoms in total. The molecule has 2 N–H and O–H groups in total. The normalized spacial score (nSPS) is 21.2. The summed E-state index contributed by atoms with van der Waals surface area (Å²) in [5, 5.41) is 22.5. The van der Waals surface area contributed by atoms with Gasteiger partial charge in [-0.05, 0) is 28.8 Å². The lowest BCUT2D eigenvalue weighted by Gasteiger charge is -2.13. The van der Waals surface area contributed by atoms with Crippen LogP contribution in [0.1, 0.15) is 12.8 Å². The Morgan fingerprint density at radius 1 is 1.57 bits per heavy atom. The molecule has 0 amide bonds. The second-order valence-corrected chi connectivity index (χ2v) is 5.44. The van der Waals surface area contributed by atoms with Gasteiger partial charge in [-0.2, -0.15) is 0 Å². The zero-order chi connectivity index (χ0) is 15.6. The van der Waals surface area contributed by atoms with Gasteiger partial charge in [-0.15, -0.1) is 0 Å². The van der Waals surface area contributed by atoms with E-state index in [9.17, 15) is 19.3 Å². The molecular weight excluding hydrogens is 351 g/mol. The first-order chi connectivity index (χ1) is 9.88. The highest BCUT2D eigenvalue weighted by Gasteiger charge is 2.30. The van der Waals surface area contributed by atoms with Crippen molar-refractivity contribution in [1.29, 1.82) is 0 Å². The minimum Gasteiger partial charge on any atom is -0.479 e. The molecule has 9 heteroatoms. The van der Waals surface area contributed by atoms with Crippen molar-refractivity contribution in [3.63, 3.8) is 0 Å². The first-order valence-electron chi connectivity index (χ1n) is 6.14. The van der Waals surface area contributed by atoms with Gasteiger partial charge < -0.3 is 15.2 Å². The highest BCUT2D eigenvalue weighted by atomic mass is 79.9. The fraction of sp³-hybridized carbons (Fsp3) is 0.417. The number of carboxylic acids is 1. The van der Waals surface area contributed by atoms with Crippen LogP contribution in [-0.4, -0.2) is 34.8 Å². The third-order valence-corrected chi connectivity index (χ3v) is 3.75. The Morgan fingerprint density at radius 2 is 2.29 bits per heavy atom. The zero-order valence-corrected chi connectivity index (χ0v) is 12.3. The van der Waals surface area contributed by atoms with Gasteiger partial charge in [0.05, 0.1) is 15.5 Å². The van der Waals surface area contributed by atoms with Crippen molar-refractivity contribution in [2.24, 2.45) is 0 Å². The smallest absolute Gasteiger partial charge is 0.332 e. The SMILES string of the molecule is O=C(O)C1CCC(CNc2cc(F)c(Br)cc2[N+](=O)[O-])O1. The number of nitro groups is 1. The number of hydrogen-bond acceptors (Lipinski definition) is 5. The Kier molecular flexibility index (Phi) is 4.73. The van der Waals surface area contributed by atoms with Crippen molar-refractivity contribution in [2.45, 2.75) is 25.0 Å². The lowest BCUT2D eigenvalue weighted by Crippen LogP contribution is -2.24. The highest BCUT2D eigenvalue weighted by Crippen LogP contribution is 2.31. The van der Waals surface area contributed by atoms with Crippen molar-refractivity contribution >= 4 is 33.3 Å². The van der Waals surface area contributed by atoms with Gasteiger partial charge in [-0.1, -0.05) is 0 Å². The van der Waals surface area contributed by atoms with Crippen LogP contribution >= 0.6 is 15.9 Å². The molecule has 1 aliphatic rings. The molecular formula is C12H12BrFN2O5. The van der Waals surface area contributed by atoms with Crippen molar-refractivity contribution < 1.29 is 24.0 Å². The maximum atomic E-state index is 13.5. The Morgan fingerprint density at radius 3 is 2.86 bits per heavy atom. The number of hydrogen-bond donors (Lipinski definition) is 2. The number of carbonyl (C=O) groups is 1. The fourth-order valence-electron chi connectivity index (χ4n) is 2.09. The van der Waals surface area contributed by atoms with E-state index in [0.717, 1.165) is 12.1 Å². The zero-order valence-electron chi connectivity index (χ0n) is 10.7. The number of carboxylic acid groups (broad SMARTS) is 1. The first-order valence-corrected chi connectivity index (χ1v) is 6.93. The quantitative estimate of drug-likeness (QED) is 0.616. The molecule has 0 radical (unpaired) electrons. The highest BCUT2D eigenvalue weighted by molar-refractivity contribution is 9.10. The maximum Gasteiger partial charge on any atom is 0.332 e. The van der Waals surface area contributed by atoms with Crippen molar-refractivity contribution in [3.05, 3.63) is 32.5 Å². The number of ether oxygens (including phenoxy) is 1. The number of halogens is 2. The molecule has 1 heterocycles. The van der Waals surface area contributed by atoms with Gasteiger partial charge in [-0.3, -0.25) is 10.1 Å². The van der Waals surface area contributed by atoms with Gasteiger partial charge in [0, 0.05) is 18.7 Å². The number of nitrogens with one attached hydrogen (secondary N) is 1. The molecule has 2 rings (SSSR count). The minimum atomic E-state index is -1.03. The largest absolute Gasteiger partial charge is 0.479 e. The summed E-state index contributed by atoms with van der Waals surface area (Å²) < 4.78 is 18.7. The van der Waals surface area contributed by atoms with E-state index >= 15 is 0 Å². The van der Waals surface area contributed by atoms with E-state index in [0.29, 0.717) is 12.8 Å². The van der Waals surface area contributed by atoms with Crippen LogP contribution in [-0.2, 0) is 9.53 Å². The van der Waals surface area contributed by atoms with Crippen LogP contribution in [0, 0.1) is 15.9 Å². The second kappa shape index (κ2) is 6.35. The molecule has 1 fully saturated rings. The van der Waals surface area contributed by atoms with Gasteiger partial charge in [-0.25, -0.2) is 9.18 Å². The number of aliphatic carboxylic acids is 1. The Labute approximate surface area is 127 Å². The monoisotopic (exact) mass is 362 g/mol. The number of benzene rings is 1. The molecule has 1 aromatic carbocycles. The molecule has 1 saturated heterocycles. The summed E-state index contributed by atoms with van der Waals surface area (Å²) in [4.78, 5) is 21.1. The molecule has 0 aromatic heterocycles. The van der Waals surface area contributed by atoms with E-state index in [2.05, 4.69) is 21.2 Å². The van der Waals surface area contributed by atoms with Gasteiger partial charge in [0.1, 0.15) is 11.5 Å². The van der Waals surface area contributed by atoms with E-state index in [1.165, 1.54) is 0 Å². The van der Waals surface area contributed by atoms with Crippen molar-refractivity contribution in [1.82, 2.24) is 0 Å². The Bertz CT molecular complexity index is 583. The van der Waals surface area contributed by atoms with E-state index in [-0.39, 0.29) is 28.5 Å².